The molecular formula is C18H19N3O4S. The summed E-state index contributed by atoms with van der Waals surface area (Å²) in [5, 5.41) is 5.19. The number of fused-ring (bicyclic) bond motifs is 1. The minimum atomic E-state index is -3.86. The molecule has 1 aliphatic heterocycles. The zero-order valence-corrected chi connectivity index (χ0v) is 15.4. The second-order valence-electron chi connectivity index (χ2n) is 6.33. The third-order valence-corrected chi connectivity index (χ3v) is 5.60. The largest absolute Gasteiger partial charge is 0.324 e. The molecule has 26 heavy (non-hydrogen) atoms. The van der Waals surface area contributed by atoms with Gasteiger partial charge in [-0.05, 0) is 56.2 Å². The highest BCUT2D eigenvalue weighted by atomic mass is 32.2. The van der Waals surface area contributed by atoms with E-state index < -0.39 is 27.8 Å². The van der Waals surface area contributed by atoms with Crippen molar-refractivity contribution in [3.63, 3.8) is 0 Å². The minimum Gasteiger partial charge on any atom is -0.324 e. The summed E-state index contributed by atoms with van der Waals surface area (Å²) in [6.07, 6.45) is 0. The van der Waals surface area contributed by atoms with Crippen LogP contribution in [-0.4, -0.2) is 20.2 Å². The second-order valence-corrected chi connectivity index (χ2v) is 8.01. The summed E-state index contributed by atoms with van der Waals surface area (Å²) in [5.41, 5.74) is 2.82. The number of hydrogen-bond acceptors (Lipinski definition) is 4. The van der Waals surface area contributed by atoms with Gasteiger partial charge < -0.3 is 10.6 Å². The summed E-state index contributed by atoms with van der Waals surface area (Å²) >= 11 is 0. The van der Waals surface area contributed by atoms with Crippen LogP contribution in [-0.2, 0) is 19.6 Å². The van der Waals surface area contributed by atoms with Crippen LogP contribution in [0, 0.1) is 19.8 Å². The molecule has 0 fully saturated rings. The van der Waals surface area contributed by atoms with Crippen molar-refractivity contribution >= 4 is 38.9 Å². The predicted molar refractivity (Wildman–Crippen MR) is 99.6 cm³/mol. The normalized spacial score (nSPS) is 17.0. The first-order valence-corrected chi connectivity index (χ1v) is 9.51. The van der Waals surface area contributed by atoms with Gasteiger partial charge in [0, 0.05) is 0 Å². The highest BCUT2D eigenvalue weighted by molar-refractivity contribution is 7.92. The molecule has 0 radical (unpaired) electrons. The number of benzene rings is 2. The average Bonchev–Trinajstić information content (AvgIpc) is 2.68. The quantitative estimate of drug-likeness (QED) is 0.719. The van der Waals surface area contributed by atoms with E-state index in [1.165, 1.54) is 25.1 Å². The smallest absolute Gasteiger partial charge is 0.261 e. The van der Waals surface area contributed by atoms with Crippen molar-refractivity contribution in [2.75, 3.05) is 15.4 Å². The maximum absolute atomic E-state index is 12.7. The molecule has 0 aromatic heterocycles. The number of aryl methyl sites for hydroxylation is 2. The van der Waals surface area contributed by atoms with Gasteiger partial charge in [-0.1, -0.05) is 12.1 Å². The van der Waals surface area contributed by atoms with Gasteiger partial charge in [-0.15, -0.1) is 0 Å². The van der Waals surface area contributed by atoms with Crippen molar-refractivity contribution in [3.8, 4) is 0 Å². The van der Waals surface area contributed by atoms with E-state index in [1.807, 2.05) is 26.0 Å². The van der Waals surface area contributed by atoms with Gasteiger partial charge in [0.15, 0.2) is 0 Å². The van der Waals surface area contributed by atoms with Gasteiger partial charge in [0.25, 0.3) is 10.0 Å². The first-order chi connectivity index (χ1) is 12.2. The summed E-state index contributed by atoms with van der Waals surface area (Å²) < 4.78 is 28.0. The lowest BCUT2D eigenvalue weighted by atomic mass is 10.1. The van der Waals surface area contributed by atoms with E-state index in [-0.39, 0.29) is 10.6 Å². The van der Waals surface area contributed by atoms with Gasteiger partial charge in [0.1, 0.15) is 5.92 Å². The van der Waals surface area contributed by atoms with Crippen LogP contribution in [0.15, 0.2) is 41.3 Å². The maximum Gasteiger partial charge on any atom is 0.261 e. The number of carbonyl (C=O) groups is 2. The molecule has 8 heteroatoms. The molecule has 0 saturated carbocycles. The maximum atomic E-state index is 12.7. The van der Waals surface area contributed by atoms with E-state index in [0.717, 1.165) is 11.1 Å². The van der Waals surface area contributed by atoms with Gasteiger partial charge in [-0.3, -0.25) is 14.3 Å². The van der Waals surface area contributed by atoms with Crippen molar-refractivity contribution in [1.29, 1.82) is 0 Å². The average molecular weight is 373 g/mol. The Hall–Kier alpha value is -2.87. The fourth-order valence-electron chi connectivity index (χ4n) is 2.55. The van der Waals surface area contributed by atoms with Crippen molar-refractivity contribution in [1.82, 2.24) is 0 Å². The summed E-state index contributed by atoms with van der Waals surface area (Å²) in [6, 6.07) is 9.66. The molecule has 2 aromatic carbocycles. The Morgan fingerprint density at radius 2 is 1.58 bits per heavy atom. The zero-order chi connectivity index (χ0) is 19.1. The topological polar surface area (TPSA) is 104 Å². The van der Waals surface area contributed by atoms with Gasteiger partial charge in [-0.2, -0.15) is 0 Å². The molecule has 2 aromatic rings. The molecule has 0 bridgehead atoms. The van der Waals surface area contributed by atoms with Crippen LogP contribution in [0.5, 0.6) is 0 Å². The van der Waals surface area contributed by atoms with Crippen molar-refractivity contribution < 1.29 is 18.0 Å². The zero-order valence-electron chi connectivity index (χ0n) is 14.6. The van der Waals surface area contributed by atoms with Crippen molar-refractivity contribution in [2.24, 2.45) is 5.92 Å². The Morgan fingerprint density at radius 1 is 0.923 bits per heavy atom. The predicted octanol–water partition coefficient (Wildman–Crippen LogP) is 2.63. The van der Waals surface area contributed by atoms with E-state index in [0.29, 0.717) is 11.4 Å². The number of amides is 2. The number of carbonyl (C=O) groups excluding carboxylic acids is 2. The van der Waals surface area contributed by atoms with Crippen LogP contribution in [0.1, 0.15) is 18.1 Å². The summed E-state index contributed by atoms with van der Waals surface area (Å²) in [4.78, 5) is 23.8. The molecule has 2 amide bonds. The number of anilines is 3. The molecular weight excluding hydrogens is 354 g/mol. The molecule has 1 heterocycles. The molecule has 0 unspecified atom stereocenters. The molecule has 1 aliphatic rings. The summed E-state index contributed by atoms with van der Waals surface area (Å²) in [7, 11) is -3.86. The molecule has 3 N–H and O–H groups in total. The minimum absolute atomic E-state index is 0.0127. The lowest BCUT2D eigenvalue weighted by molar-refractivity contribution is -0.128. The summed E-state index contributed by atoms with van der Waals surface area (Å²) in [5.74, 6) is -1.79. The molecule has 7 nitrogen and oxygen atoms in total. The van der Waals surface area contributed by atoms with Crippen LogP contribution in [0.25, 0.3) is 0 Å². The summed E-state index contributed by atoms with van der Waals surface area (Å²) in [6.45, 7) is 5.17. The van der Waals surface area contributed by atoms with E-state index >= 15 is 0 Å². The fraction of sp³-hybridized carbons (Fsp3) is 0.222. The van der Waals surface area contributed by atoms with Crippen LogP contribution in [0.2, 0.25) is 0 Å². The van der Waals surface area contributed by atoms with Gasteiger partial charge >= 0.3 is 0 Å². The number of nitrogens with one attached hydrogen (secondary N) is 3. The first-order valence-electron chi connectivity index (χ1n) is 8.03. The van der Waals surface area contributed by atoms with Gasteiger partial charge in [0.05, 0.1) is 22.0 Å². The number of sulfonamides is 1. The van der Waals surface area contributed by atoms with E-state index in [4.69, 9.17) is 0 Å². The Bertz CT molecular complexity index is 1020. The van der Waals surface area contributed by atoms with Crippen LogP contribution in [0.4, 0.5) is 17.1 Å². The van der Waals surface area contributed by atoms with Crippen LogP contribution >= 0.6 is 0 Å². The highest BCUT2D eigenvalue weighted by Gasteiger charge is 2.28. The lowest BCUT2D eigenvalue weighted by Crippen LogP contribution is -2.28. The third-order valence-electron chi connectivity index (χ3n) is 4.24. The third kappa shape index (κ3) is 3.41. The molecule has 3 rings (SSSR count). The van der Waals surface area contributed by atoms with E-state index in [2.05, 4.69) is 15.4 Å². The van der Waals surface area contributed by atoms with Crippen LogP contribution in [0.3, 0.4) is 0 Å². The fourth-order valence-corrected chi connectivity index (χ4v) is 3.70. The first kappa shape index (κ1) is 17.9. The molecule has 1 atom stereocenters. The molecule has 0 saturated heterocycles. The lowest BCUT2D eigenvalue weighted by Gasteiger charge is -2.13. The molecule has 0 aliphatic carbocycles. The van der Waals surface area contributed by atoms with Gasteiger partial charge in [-0.25, -0.2) is 8.42 Å². The Kier molecular flexibility index (Phi) is 4.45. The Morgan fingerprint density at radius 3 is 2.27 bits per heavy atom. The molecule has 136 valence electrons. The monoisotopic (exact) mass is 373 g/mol. The number of rotatable bonds is 3. The number of hydrogen-bond donors (Lipinski definition) is 3. The van der Waals surface area contributed by atoms with Crippen LogP contribution < -0.4 is 15.4 Å². The highest BCUT2D eigenvalue weighted by Crippen LogP contribution is 2.30. The van der Waals surface area contributed by atoms with E-state index in [1.54, 1.807) is 6.07 Å². The van der Waals surface area contributed by atoms with Gasteiger partial charge in [0.2, 0.25) is 11.8 Å². The van der Waals surface area contributed by atoms with Crippen molar-refractivity contribution in [2.45, 2.75) is 25.7 Å². The Labute approximate surface area is 151 Å². The van der Waals surface area contributed by atoms with Crippen molar-refractivity contribution in [3.05, 3.63) is 47.5 Å². The standard InChI is InChI=1S/C18H19N3O4S/c1-10-4-5-11(2)15(8-10)21-26(24,25)13-6-7-14-16(9-13)20-18(23)12(3)17(22)19-14/h4-9,12,21H,1-3H3,(H,19,22)(H,20,23)/t12-/m1/s1. The SMILES string of the molecule is Cc1ccc(C)c(NS(=O)(=O)c2ccc3c(c2)NC(=O)[C@H](C)C(=O)N3)c1. The second kappa shape index (κ2) is 6.45. The Balaban J connectivity index is 1.97. The molecule has 0 spiro atoms. The van der Waals surface area contributed by atoms with E-state index in [9.17, 15) is 18.0 Å².